The zero-order chi connectivity index (χ0) is 18.8. The van der Waals surface area contributed by atoms with Gasteiger partial charge in [0.1, 0.15) is 11.0 Å². The van der Waals surface area contributed by atoms with Crippen molar-refractivity contribution in [1.82, 2.24) is 15.2 Å². The van der Waals surface area contributed by atoms with Gasteiger partial charge in [-0.25, -0.2) is 4.98 Å². The number of H-pyrrole nitrogens is 1. The van der Waals surface area contributed by atoms with Crippen molar-refractivity contribution < 1.29 is 4.74 Å². The van der Waals surface area contributed by atoms with Gasteiger partial charge in [-0.1, -0.05) is 23.7 Å². The number of pyridine rings is 1. The van der Waals surface area contributed by atoms with Gasteiger partial charge in [0.25, 0.3) is 0 Å². The topological polar surface area (TPSA) is 66.1 Å². The summed E-state index contributed by atoms with van der Waals surface area (Å²) in [4.78, 5) is 6.55. The second kappa shape index (κ2) is 7.42. The Labute approximate surface area is 162 Å². The largest absolute Gasteiger partial charge is 0.383 e. The number of hydrogen-bond donors (Lipinski definition) is 2. The molecule has 6 nitrogen and oxygen atoms in total. The predicted molar refractivity (Wildman–Crippen MR) is 111 cm³/mol. The van der Waals surface area contributed by atoms with Crippen molar-refractivity contribution in [2.75, 3.05) is 37.5 Å². The van der Waals surface area contributed by atoms with E-state index in [0.29, 0.717) is 11.8 Å². The van der Waals surface area contributed by atoms with E-state index in [4.69, 9.17) is 16.3 Å². The van der Waals surface area contributed by atoms with Gasteiger partial charge >= 0.3 is 0 Å². The van der Waals surface area contributed by atoms with Crippen LogP contribution < -0.4 is 10.2 Å². The van der Waals surface area contributed by atoms with Gasteiger partial charge in [0.05, 0.1) is 12.1 Å². The second-order valence-corrected chi connectivity index (χ2v) is 6.75. The molecule has 2 N–H and O–H groups in total. The number of halogens is 1. The second-order valence-electron chi connectivity index (χ2n) is 6.36. The highest BCUT2D eigenvalue weighted by atomic mass is 35.5. The van der Waals surface area contributed by atoms with Crippen LogP contribution in [-0.4, -0.2) is 42.5 Å². The molecule has 0 aliphatic heterocycles. The van der Waals surface area contributed by atoms with Crippen LogP contribution in [0.25, 0.3) is 21.7 Å². The van der Waals surface area contributed by atoms with E-state index in [1.165, 1.54) is 0 Å². The quantitative estimate of drug-likeness (QED) is 0.478. The molecule has 0 aliphatic rings. The van der Waals surface area contributed by atoms with E-state index in [2.05, 4.69) is 32.6 Å². The molecule has 0 radical (unpaired) electrons. The van der Waals surface area contributed by atoms with E-state index in [0.717, 1.165) is 45.5 Å². The molecule has 138 valence electrons. The van der Waals surface area contributed by atoms with Gasteiger partial charge in [0.2, 0.25) is 0 Å². The minimum absolute atomic E-state index is 0.462. The number of para-hydroxylation sites is 1. The molecule has 0 fully saturated rings. The van der Waals surface area contributed by atoms with Crippen LogP contribution in [0.2, 0.25) is 5.15 Å². The van der Waals surface area contributed by atoms with E-state index < -0.39 is 0 Å². The summed E-state index contributed by atoms with van der Waals surface area (Å²) in [5.74, 6) is 1.63. The number of hydrogen-bond acceptors (Lipinski definition) is 5. The smallest absolute Gasteiger partial charge is 0.160 e. The van der Waals surface area contributed by atoms with Gasteiger partial charge in [-0.15, -0.1) is 0 Å². The SMILES string of the molecule is COCCN(C)c1nc(Cl)cc2cc(Nc3n[nH]c4ccccc34)ccc12. The van der Waals surface area contributed by atoms with Crippen LogP contribution in [0.4, 0.5) is 17.3 Å². The maximum absolute atomic E-state index is 6.27. The first-order valence-corrected chi connectivity index (χ1v) is 9.04. The average Bonchev–Trinajstić information content (AvgIpc) is 3.08. The third kappa shape index (κ3) is 3.54. The molecule has 0 amide bonds. The molecule has 2 heterocycles. The van der Waals surface area contributed by atoms with Crippen molar-refractivity contribution in [3.05, 3.63) is 53.7 Å². The van der Waals surface area contributed by atoms with Gasteiger partial charge in [-0.3, -0.25) is 5.10 Å². The maximum Gasteiger partial charge on any atom is 0.160 e. The van der Waals surface area contributed by atoms with Gasteiger partial charge < -0.3 is 15.0 Å². The molecule has 2 aromatic carbocycles. The van der Waals surface area contributed by atoms with Crippen molar-refractivity contribution >= 4 is 50.6 Å². The van der Waals surface area contributed by atoms with Crippen LogP contribution in [-0.2, 0) is 4.74 Å². The molecule has 0 unspecified atom stereocenters. The van der Waals surface area contributed by atoms with Crippen molar-refractivity contribution in [2.45, 2.75) is 0 Å². The van der Waals surface area contributed by atoms with Gasteiger partial charge in [0, 0.05) is 37.2 Å². The number of fused-ring (bicyclic) bond motifs is 2. The number of likely N-dealkylation sites (N-methyl/N-ethyl adjacent to an activating group) is 1. The molecular weight excluding hydrogens is 362 g/mol. The third-order valence-corrected chi connectivity index (χ3v) is 4.70. The molecule has 0 spiro atoms. The number of rotatable bonds is 6. The third-order valence-electron chi connectivity index (χ3n) is 4.51. The number of anilines is 3. The molecule has 0 saturated heterocycles. The van der Waals surface area contributed by atoms with Crippen LogP contribution in [0.15, 0.2) is 48.5 Å². The summed E-state index contributed by atoms with van der Waals surface area (Å²) in [6.45, 7) is 1.36. The molecule has 0 saturated carbocycles. The van der Waals surface area contributed by atoms with E-state index in [9.17, 15) is 0 Å². The van der Waals surface area contributed by atoms with E-state index in [1.807, 2.05) is 48.3 Å². The summed E-state index contributed by atoms with van der Waals surface area (Å²) in [6.07, 6.45) is 0. The summed E-state index contributed by atoms with van der Waals surface area (Å²) < 4.78 is 5.17. The van der Waals surface area contributed by atoms with E-state index in [1.54, 1.807) is 7.11 Å². The lowest BCUT2D eigenvalue weighted by atomic mass is 10.1. The van der Waals surface area contributed by atoms with Crippen molar-refractivity contribution in [2.24, 2.45) is 0 Å². The Bertz CT molecular complexity index is 1090. The molecule has 7 heteroatoms. The maximum atomic E-state index is 6.27. The number of benzene rings is 2. The van der Waals surface area contributed by atoms with E-state index >= 15 is 0 Å². The van der Waals surface area contributed by atoms with Crippen LogP contribution in [0.3, 0.4) is 0 Å². The molecular formula is C20H20ClN5O. The Morgan fingerprint density at radius 2 is 2.00 bits per heavy atom. The summed E-state index contributed by atoms with van der Waals surface area (Å²) in [6, 6.07) is 16.0. The number of methoxy groups -OCH3 is 1. The van der Waals surface area contributed by atoms with Gasteiger partial charge in [-0.05, 0) is 41.8 Å². The first kappa shape index (κ1) is 17.6. The van der Waals surface area contributed by atoms with Crippen LogP contribution in [0.5, 0.6) is 0 Å². The van der Waals surface area contributed by atoms with E-state index in [-0.39, 0.29) is 0 Å². The first-order valence-electron chi connectivity index (χ1n) is 8.66. The Hall–Kier alpha value is -2.83. The van der Waals surface area contributed by atoms with Crippen LogP contribution >= 0.6 is 11.6 Å². The van der Waals surface area contributed by atoms with Crippen molar-refractivity contribution in [1.29, 1.82) is 0 Å². The Balaban J connectivity index is 1.70. The Kier molecular flexibility index (Phi) is 4.83. The summed E-state index contributed by atoms with van der Waals surface area (Å²) in [5.41, 5.74) is 1.93. The lowest BCUT2D eigenvalue weighted by Crippen LogP contribution is -2.23. The standard InChI is InChI=1S/C20H20ClN5O/c1-26(9-10-27-2)20-15-8-7-14(11-13(15)12-18(21)23-20)22-19-16-5-3-4-6-17(16)24-25-19/h3-8,11-12H,9-10H2,1-2H3,(H2,22,24,25). The molecule has 4 rings (SSSR count). The molecule has 0 bridgehead atoms. The molecule has 2 aromatic heterocycles. The summed E-state index contributed by atoms with van der Waals surface area (Å²) >= 11 is 6.27. The number of aromatic amines is 1. The minimum atomic E-state index is 0.462. The van der Waals surface area contributed by atoms with Crippen LogP contribution in [0, 0.1) is 0 Å². The average molecular weight is 382 g/mol. The first-order chi connectivity index (χ1) is 13.2. The minimum Gasteiger partial charge on any atom is -0.383 e. The normalized spacial score (nSPS) is 11.2. The fraction of sp³-hybridized carbons (Fsp3) is 0.200. The molecule has 4 aromatic rings. The fourth-order valence-electron chi connectivity index (χ4n) is 3.11. The Morgan fingerprint density at radius 1 is 1.15 bits per heavy atom. The molecule has 0 atom stereocenters. The van der Waals surface area contributed by atoms with Gasteiger partial charge in [-0.2, -0.15) is 5.10 Å². The van der Waals surface area contributed by atoms with Crippen molar-refractivity contribution in [3.8, 4) is 0 Å². The van der Waals surface area contributed by atoms with Crippen LogP contribution in [0.1, 0.15) is 0 Å². The highest BCUT2D eigenvalue weighted by molar-refractivity contribution is 6.30. The summed E-state index contributed by atoms with van der Waals surface area (Å²) in [5, 5.41) is 14.3. The summed E-state index contributed by atoms with van der Waals surface area (Å²) in [7, 11) is 3.67. The molecule has 0 aliphatic carbocycles. The highest BCUT2D eigenvalue weighted by Crippen LogP contribution is 2.31. The number of ether oxygens (including phenoxy) is 1. The molecule has 27 heavy (non-hydrogen) atoms. The number of nitrogens with zero attached hydrogens (tertiary/aromatic N) is 3. The fourth-order valence-corrected chi connectivity index (χ4v) is 3.30. The number of aromatic nitrogens is 3. The lowest BCUT2D eigenvalue weighted by molar-refractivity contribution is 0.206. The van der Waals surface area contributed by atoms with Crippen molar-refractivity contribution in [3.63, 3.8) is 0 Å². The zero-order valence-corrected chi connectivity index (χ0v) is 15.9. The van der Waals surface area contributed by atoms with Gasteiger partial charge in [0.15, 0.2) is 5.82 Å². The number of nitrogens with one attached hydrogen (secondary N) is 2. The predicted octanol–water partition coefficient (Wildman–Crippen LogP) is 4.59. The Morgan fingerprint density at radius 3 is 2.85 bits per heavy atom. The lowest BCUT2D eigenvalue weighted by Gasteiger charge is -2.20. The monoisotopic (exact) mass is 381 g/mol. The highest BCUT2D eigenvalue weighted by Gasteiger charge is 2.11. The zero-order valence-electron chi connectivity index (χ0n) is 15.2.